The summed E-state index contributed by atoms with van der Waals surface area (Å²) in [7, 11) is 1.59. The molecule has 1 unspecified atom stereocenters. The lowest BCUT2D eigenvalue weighted by Crippen LogP contribution is -2.25. The Morgan fingerprint density at radius 1 is 1.50 bits per heavy atom. The molecule has 116 valence electrons. The van der Waals surface area contributed by atoms with E-state index in [1.54, 1.807) is 13.3 Å². The first-order valence-electron chi connectivity index (χ1n) is 7.31. The Morgan fingerprint density at radius 2 is 2.36 bits per heavy atom. The lowest BCUT2D eigenvalue weighted by molar-refractivity contribution is -0.122. The van der Waals surface area contributed by atoms with Gasteiger partial charge in [0.1, 0.15) is 24.2 Å². The molecule has 1 aliphatic rings. The average Bonchev–Trinajstić information content (AvgIpc) is 2.95. The third-order valence-electron chi connectivity index (χ3n) is 3.89. The van der Waals surface area contributed by atoms with E-state index in [0.29, 0.717) is 25.0 Å². The first-order valence-corrected chi connectivity index (χ1v) is 7.31. The summed E-state index contributed by atoms with van der Waals surface area (Å²) in [6, 6.07) is 3.78. The molecule has 1 aromatic carbocycles. The van der Waals surface area contributed by atoms with Crippen LogP contribution in [0.2, 0.25) is 0 Å². The number of amides is 1. The summed E-state index contributed by atoms with van der Waals surface area (Å²) in [5.74, 6) is 0.222. The van der Waals surface area contributed by atoms with Gasteiger partial charge in [0.25, 0.3) is 0 Å². The maximum atomic E-state index is 12.1. The van der Waals surface area contributed by atoms with Crippen LogP contribution in [0.4, 0.5) is 5.69 Å². The molecule has 2 N–H and O–H groups in total. The summed E-state index contributed by atoms with van der Waals surface area (Å²) >= 11 is 0. The molecule has 0 spiro atoms. The number of furan rings is 1. The van der Waals surface area contributed by atoms with Gasteiger partial charge in [-0.1, -0.05) is 0 Å². The molecule has 0 radical (unpaired) electrons. The van der Waals surface area contributed by atoms with Crippen LogP contribution < -0.4 is 15.4 Å². The molecule has 1 aromatic heterocycles. The van der Waals surface area contributed by atoms with E-state index in [4.69, 9.17) is 9.15 Å². The molecule has 0 bridgehead atoms. The number of fused-ring (bicyclic) bond motifs is 2. The molecule has 2 aromatic rings. The van der Waals surface area contributed by atoms with Crippen molar-refractivity contribution in [3.05, 3.63) is 24.0 Å². The predicted octanol–water partition coefficient (Wildman–Crippen LogP) is 2.05. The van der Waals surface area contributed by atoms with Gasteiger partial charge in [-0.25, -0.2) is 0 Å². The van der Waals surface area contributed by atoms with Crippen LogP contribution in [0.5, 0.6) is 5.75 Å². The van der Waals surface area contributed by atoms with E-state index in [0.717, 1.165) is 35.2 Å². The van der Waals surface area contributed by atoms with Gasteiger partial charge in [-0.3, -0.25) is 4.79 Å². The second-order valence-electron chi connectivity index (χ2n) is 5.22. The monoisotopic (exact) mass is 302 g/mol. The smallest absolute Gasteiger partial charge is 0.227 e. The number of anilines is 1. The largest absolute Gasteiger partial charge is 0.490 e. The van der Waals surface area contributed by atoms with Crippen molar-refractivity contribution in [2.75, 3.05) is 25.5 Å². The van der Waals surface area contributed by atoms with Gasteiger partial charge in [0.2, 0.25) is 5.91 Å². The molecule has 0 saturated carbocycles. The van der Waals surface area contributed by atoms with Crippen LogP contribution >= 0.6 is 0 Å². The normalized spacial score (nSPS) is 14.6. The van der Waals surface area contributed by atoms with Crippen molar-refractivity contribution in [3.8, 4) is 5.75 Å². The van der Waals surface area contributed by atoms with Crippen LogP contribution in [0.1, 0.15) is 24.3 Å². The van der Waals surface area contributed by atoms with E-state index in [1.807, 2.05) is 12.1 Å². The van der Waals surface area contributed by atoms with Crippen molar-refractivity contribution in [2.24, 2.45) is 0 Å². The lowest BCUT2D eigenvalue weighted by Gasteiger charge is -2.19. The lowest BCUT2D eigenvalue weighted by atomic mass is 9.93. The van der Waals surface area contributed by atoms with Gasteiger partial charge in [0, 0.05) is 37.0 Å². The number of carbonyl (C=O) groups is 2. The van der Waals surface area contributed by atoms with Gasteiger partial charge >= 0.3 is 0 Å². The second-order valence-corrected chi connectivity index (χ2v) is 5.22. The van der Waals surface area contributed by atoms with E-state index in [9.17, 15) is 9.59 Å². The van der Waals surface area contributed by atoms with Crippen LogP contribution in [0, 0.1) is 0 Å². The maximum absolute atomic E-state index is 12.1. The molecular weight excluding hydrogens is 284 g/mol. The average molecular weight is 302 g/mol. The first kappa shape index (κ1) is 14.4. The molecule has 0 aliphatic carbocycles. The highest BCUT2D eigenvalue weighted by molar-refractivity contribution is 5.93. The zero-order chi connectivity index (χ0) is 15.5. The van der Waals surface area contributed by atoms with Crippen LogP contribution in [-0.2, 0) is 9.59 Å². The Labute approximate surface area is 127 Å². The number of likely N-dealkylation sites (N-methyl/N-ethyl adjacent to an activating group) is 1. The Morgan fingerprint density at radius 3 is 3.14 bits per heavy atom. The maximum Gasteiger partial charge on any atom is 0.227 e. The Hall–Kier alpha value is -2.50. The van der Waals surface area contributed by atoms with Crippen LogP contribution in [0.3, 0.4) is 0 Å². The van der Waals surface area contributed by atoms with Gasteiger partial charge in [0.05, 0.1) is 17.9 Å². The number of benzene rings is 1. The van der Waals surface area contributed by atoms with Crippen LogP contribution in [0.25, 0.3) is 11.0 Å². The van der Waals surface area contributed by atoms with Crippen LogP contribution in [0.15, 0.2) is 22.8 Å². The number of rotatable bonds is 5. The minimum absolute atomic E-state index is 0.124. The third kappa shape index (κ3) is 2.52. The van der Waals surface area contributed by atoms with Crippen LogP contribution in [-0.4, -0.2) is 32.4 Å². The number of hydrogen-bond acceptors (Lipinski definition) is 5. The fourth-order valence-corrected chi connectivity index (χ4v) is 2.78. The van der Waals surface area contributed by atoms with E-state index < -0.39 is 5.92 Å². The van der Waals surface area contributed by atoms with Crippen molar-refractivity contribution < 1.29 is 18.7 Å². The molecule has 0 saturated heterocycles. The van der Waals surface area contributed by atoms with E-state index in [-0.39, 0.29) is 5.91 Å². The highest BCUT2D eigenvalue weighted by Gasteiger charge is 2.25. The Bertz CT molecular complexity index is 707. The highest BCUT2D eigenvalue weighted by atomic mass is 16.5. The zero-order valence-electron chi connectivity index (χ0n) is 12.3. The molecule has 1 amide bonds. The van der Waals surface area contributed by atoms with E-state index in [2.05, 4.69) is 10.6 Å². The molecule has 1 atom stereocenters. The number of aldehydes is 1. The number of ether oxygens (including phenoxy) is 1. The Kier molecular flexibility index (Phi) is 4.00. The minimum Gasteiger partial charge on any atom is -0.490 e. The van der Waals surface area contributed by atoms with E-state index in [1.165, 1.54) is 0 Å². The van der Waals surface area contributed by atoms with Crippen molar-refractivity contribution in [1.82, 2.24) is 5.32 Å². The van der Waals surface area contributed by atoms with E-state index >= 15 is 0 Å². The quantitative estimate of drug-likeness (QED) is 0.826. The van der Waals surface area contributed by atoms with Gasteiger partial charge < -0.3 is 24.6 Å². The first-order chi connectivity index (χ1) is 10.7. The second kappa shape index (κ2) is 6.09. The summed E-state index contributed by atoms with van der Waals surface area (Å²) in [5.41, 5.74) is 2.38. The molecule has 6 nitrogen and oxygen atoms in total. The highest BCUT2D eigenvalue weighted by Crippen LogP contribution is 2.38. The van der Waals surface area contributed by atoms with Gasteiger partial charge in [-0.15, -0.1) is 0 Å². The standard InChI is InChI=1S/C16H18N2O4/c1-17-16(20)10(3-2-5-19)12-9-22-14-8-13-15(7-11(12)14)21-6-4-18-13/h5,7-10,18H,2-4,6H2,1H3,(H,17,20). The summed E-state index contributed by atoms with van der Waals surface area (Å²) < 4.78 is 11.2. The van der Waals surface area contributed by atoms with Gasteiger partial charge in [0.15, 0.2) is 0 Å². The molecule has 1 aliphatic heterocycles. The summed E-state index contributed by atoms with van der Waals surface area (Å²) in [6.45, 7) is 1.36. The Balaban J connectivity index is 2.04. The SMILES string of the molecule is CNC(=O)C(CCC=O)c1coc2cc3c(cc12)OCCN3. The van der Waals surface area contributed by atoms with Crippen molar-refractivity contribution in [3.63, 3.8) is 0 Å². The molecule has 22 heavy (non-hydrogen) atoms. The van der Waals surface area contributed by atoms with Gasteiger partial charge in [-0.05, 0) is 12.5 Å². The molecular formula is C16H18N2O4. The van der Waals surface area contributed by atoms with Crippen molar-refractivity contribution in [2.45, 2.75) is 18.8 Å². The predicted molar refractivity (Wildman–Crippen MR) is 82.3 cm³/mol. The summed E-state index contributed by atoms with van der Waals surface area (Å²) in [5, 5.41) is 6.75. The topological polar surface area (TPSA) is 80.6 Å². The van der Waals surface area contributed by atoms with Crippen molar-refractivity contribution in [1.29, 1.82) is 0 Å². The fourth-order valence-electron chi connectivity index (χ4n) is 2.78. The fraction of sp³-hybridized carbons (Fsp3) is 0.375. The summed E-state index contributed by atoms with van der Waals surface area (Å²) in [4.78, 5) is 22.8. The van der Waals surface area contributed by atoms with Gasteiger partial charge in [-0.2, -0.15) is 0 Å². The summed E-state index contributed by atoms with van der Waals surface area (Å²) in [6.07, 6.45) is 3.20. The zero-order valence-corrected chi connectivity index (χ0v) is 12.3. The van der Waals surface area contributed by atoms with Crippen molar-refractivity contribution >= 4 is 28.8 Å². The number of carbonyl (C=O) groups excluding carboxylic acids is 2. The number of hydrogen-bond donors (Lipinski definition) is 2. The minimum atomic E-state index is -0.411. The molecule has 0 fully saturated rings. The number of nitrogens with one attached hydrogen (secondary N) is 2. The molecule has 6 heteroatoms. The third-order valence-corrected chi connectivity index (χ3v) is 3.89. The molecule has 3 rings (SSSR count). The molecule has 2 heterocycles.